The van der Waals surface area contributed by atoms with Crippen LogP contribution in [0.15, 0.2) is 12.2 Å². The summed E-state index contributed by atoms with van der Waals surface area (Å²) in [7, 11) is -2.92. The van der Waals surface area contributed by atoms with Crippen LogP contribution in [0.4, 0.5) is 0 Å². The van der Waals surface area contributed by atoms with E-state index in [2.05, 4.69) is 26.3 Å². The van der Waals surface area contributed by atoms with Crippen LogP contribution in [0.25, 0.3) is 0 Å². The van der Waals surface area contributed by atoms with Crippen molar-refractivity contribution in [3.05, 3.63) is 12.2 Å². The van der Waals surface area contributed by atoms with Crippen LogP contribution in [0.5, 0.6) is 0 Å². The van der Waals surface area contributed by atoms with Gasteiger partial charge in [0.05, 0.1) is 9.80 Å². The average molecular weight is 228 g/mol. The maximum Gasteiger partial charge on any atom is 0.0755 e. The molecule has 2 saturated carbocycles. The molecule has 0 heterocycles. The van der Waals surface area contributed by atoms with E-state index in [1.807, 2.05) is 0 Å². The lowest BCUT2D eigenvalue weighted by molar-refractivity contribution is 0.181. The maximum absolute atomic E-state index is 11.6. The number of hydrogen-bond donors (Lipinski definition) is 1. The molecule has 2 rings (SSSR count). The van der Waals surface area contributed by atoms with Gasteiger partial charge in [-0.3, -0.25) is 0 Å². The average Bonchev–Trinajstić information content (AvgIpc) is 2.34. The Morgan fingerprint density at radius 1 is 1.60 bits per heavy atom. The minimum absolute atomic E-state index is 0.118. The molecule has 0 spiro atoms. The SMILES string of the molecule is C=C1CC2CCC1(CS(=C)(=O)O)C2(C)C. The van der Waals surface area contributed by atoms with Gasteiger partial charge in [0.2, 0.25) is 0 Å². The standard InChI is InChI=1S/C12H20O2S/c1-9-7-10-5-6-12(9,11(10,2)3)8-15(4,13)14/h10H,1,4-8H2,2-3H3,(H,13,14). The normalized spacial score (nSPS) is 41.8. The van der Waals surface area contributed by atoms with Crippen LogP contribution in [-0.2, 0) is 9.80 Å². The van der Waals surface area contributed by atoms with E-state index in [0.29, 0.717) is 11.7 Å². The van der Waals surface area contributed by atoms with E-state index in [1.54, 1.807) is 0 Å². The molecular weight excluding hydrogens is 208 g/mol. The molecule has 0 aromatic heterocycles. The molecule has 3 heteroatoms. The summed E-state index contributed by atoms with van der Waals surface area (Å²) in [6.07, 6.45) is 3.21. The van der Waals surface area contributed by atoms with E-state index in [1.165, 1.54) is 12.0 Å². The van der Waals surface area contributed by atoms with Gasteiger partial charge < -0.3 is 4.55 Å². The summed E-state index contributed by atoms with van der Waals surface area (Å²) >= 11 is 0. The van der Waals surface area contributed by atoms with Gasteiger partial charge in [-0.1, -0.05) is 26.0 Å². The quantitative estimate of drug-likeness (QED) is 0.582. The smallest absolute Gasteiger partial charge is 0.0755 e. The van der Waals surface area contributed by atoms with Crippen molar-refractivity contribution in [2.45, 2.75) is 33.1 Å². The predicted molar refractivity (Wildman–Crippen MR) is 65.5 cm³/mol. The fourth-order valence-corrected chi connectivity index (χ4v) is 5.21. The summed E-state index contributed by atoms with van der Waals surface area (Å²) in [5, 5.41) is 0. The highest BCUT2D eigenvalue weighted by atomic mass is 32.2. The van der Waals surface area contributed by atoms with Crippen molar-refractivity contribution in [1.29, 1.82) is 0 Å². The third-order valence-electron chi connectivity index (χ3n) is 4.82. The molecular formula is C12H20O2S. The molecule has 2 fully saturated rings. The fraction of sp³-hybridized carbons (Fsp3) is 0.750. The lowest BCUT2D eigenvalue weighted by atomic mass is 9.69. The minimum atomic E-state index is -2.92. The summed E-state index contributed by atoms with van der Waals surface area (Å²) < 4.78 is 21.1. The highest BCUT2D eigenvalue weighted by molar-refractivity contribution is 7.95. The van der Waals surface area contributed by atoms with Gasteiger partial charge in [-0.15, -0.1) is 0 Å². The van der Waals surface area contributed by atoms with E-state index >= 15 is 0 Å². The molecule has 0 aliphatic heterocycles. The summed E-state index contributed by atoms with van der Waals surface area (Å²) in [5.74, 6) is 4.33. The van der Waals surface area contributed by atoms with Gasteiger partial charge in [0.1, 0.15) is 0 Å². The summed E-state index contributed by atoms with van der Waals surface area (Å²) in [6.45, 7) is 8.56. The topological polar surface area (TPSA) is 37.3 Å². The maximum atomic E-state index is 11.6. The zero-order valence-corrected chi connectivity index (χ0v) is 10.4. The molecule has 0 radical (unpaired) electrons. The second-order valence-corrected chi connectivity index (χ2v) is 7.60. The first-order chi connectivity index (χ1) is 6.69. The van der Waals surface area contributed by atoms with Gasteiger partial charge in [0.15, 0.2) is 0 Å². The first-order valence-corrected chi connectivity index (χ1v) is 7.30. The van der Waals surface area contributed by atoms with Crippen molar-refractivity contribution in [3.63, 3.8) is 0 Å². The Kier molecular flexibility index (Phi) is 2.16. The van der Waals surface area contributed by atoms with Crippen LogP contribution in [0.2, 0.25) is 0 Å². The monoisotopic (exact) mass is 228 g/mol. The number of allylic oxidation sites excluding steroid dienone is 1. The van der Waals surface area contributed by atoms with Gasteiger partial charge in [-0.2, -0.15) is 0 Å². The molecule has 15 heavy (non-hydrogen) atoms. The van der Waals surface area contributed by atoms with Crippen LogP contribution in [0.3, 0.4) is 0 Å². The Labute approximate surface area is 92.6 Å². The van der Waals surface area contributed by atoms with E-state index in [0.717, 1.165) is 12.8 Å². The molecule has 3 atom stereocenters. The zero-order chi connectivity index (χ0) is 11.5. The molecule has 2 bridgehead atoms. The zero-order valence-electron chi connectivity index (χ0n) is 9.58. The molecule has 0 amide bonds. The molecule has 1 N–H and O–H groups in total. The molecule has 0 aromatic rings. The van der Waals surface area contributed by atoms with Crippen LogP contribution < -0.4 is 0 Å². The molecule has 2 nitrogen and oxygen atoms in total. The summed E-state index contributed by atoms with van der Waals surface area (Å²) in [4.78, 5) is 0. The van der Waals surface area contributed by atoms with Crippen LogP contribution >= 0.6 is 0 Å². The van der Waals surface area contributed by atoms with Crippen molar-refractivity contribution >= 4 is 15.7 Å². The van der Waals surface area contributed by atoms with Gasteiger partial charge in [0.25, 0.3) is 0 Å². The Morgan fingerprint density at radius 3 is 2.53 bits per heavy atom. The summed E-state index contributed by atoms with van der Waals surface area (Å²) in [5.41, 5.74) is 1.16. The van der Waals surface area contributed by atoms with Gasteiger partial charge in [0, 0.05) is 11.2 Å². The molecule has 0 aromatic carbocycles. The van der Waals surface area contributed by atoms with Crippen LogP contribution in [-0.4, -0.2) is 20.4 Å². The second-order valence-electron chi connectivity index (χ2n) is 5.76. The van der Waals surface area contributed by atoms with E-state index in [9.17, 15) is 8.76 Å². The predicted octanol–water partition coefficient (Wildman–Crippen LogP) is 2.56. The fourth-order valence-electron chi connectivity index (χ4n) is 3.72. The first-order valence-electron chi connectivity index (χ1n) is 5.45. The van der Waals surface area contributed by atoms with Crippen molar-refractivity contribution < 1.29 is 8.76 Å². The highest BCUT2D eigenvalue weighted by Gasteiger charge is 2.61. The number of rotatable bonds is 2. The Hall–Kier alpha value is -0.280. The third kappa shape index (κ3) is 1.40. The minimum Gasteiger partial charge on any atom is -0.314 e. The summed E-state index contributed by atoms with van der Waals surface area (Å²) in [6, 6.07) is 0. The number of hydrogen-bond acceptors (Lipinski definition) is 1. The van der Waals surface area contributed by atoms with Crippen LogP contribution in [0, 0.1) is 16.7 Å². The molecule has 0 saturated heterocycles. The number of fused-ring (bicyclic) bond motifs is 2. The molecule has 2 aliphatic rings. The lowest BCUT2D eigenvalue weighted by Gasteiger charge is -2.39. The van der Waals surface area contributed by atoms with Gasteiger partial charge in [-0.05, 0) is 36.5 Å². The Bertz CT molecular complexity index is 405. The highest BCUT2D eigenvalue weighted by Crippen LogP contribution is 2.68. The Balaban J connectivity index is 2.45. The van der Waals surface area contributed by atoms with Gasteiger partial charge >= 0.3 is 0 Å². The van der Waals surface area contributed by atoms with Crippen molar-refractivity contribution in [1.82, 2.24) is 0 Å². The second kappa shape index (κ2) is 2.89. The molecule has 86 valence electrons. The largest absolute Gasteiger partial charge is 0.314 e. The van der Waals surface area contributed by atoms with E-state index in [-0.39, 0.29) is 10.8 Å². The van der Waals surface area contributed by atoms with Gasteiger partial charge in [-0.25, -0.2) is 4.21 Å². The van der Waals surface area contributed by atoms with E-state index < -0.39 is 9.80 Å². The Morgan fingerprint density at radius 2 is 2.20 bits per heavy atom. The lowest BCUT2D eigenvalue weighted by Crippen LogP contribution is -2.37. The van der Waals surface area contributed by atoms with Crippen molar-refractivity contribution in [2.24, 2.45) is 16.7 Å². The first kappa shape index (κ1) is 11.2. The van der Waals surface area contributed by atoms with Crippen molar-refractivity contribution in [3.8, 4) is 0 Å². The van der Waals surface area contributed by atoms with E-state index in [4.69, 9.17) is 0 Å². The third-order valence-corrected chi connectivity index (χ3v) is 5.76. The van der Waals surface area contributed by atoms with Crippen LogP contribution in [0.1, 0.15) is 33.1 Å². The van der Waals surface area contributed by atoms with Crippen molar-refractivity contribution in [2.75, 3.05) is 5.75 Å². The molecule has 3 unspecified atom stereocenters. The molecule has 2 aliphatic carbocycles.